The van der Waals surface area contributed by atoms with Crippen LogP contribution < -0.4 is 20.1 Å². The van der Waals surface area contributed by atoms with E-state index in [2.05, 4.69) is 20.3 Å². The average molecular weight is 531 g/mol. The Balaban J connectivity index is 1.94. The standard InChI is InChI=1S/C25H30N4O5S2/c1-15(2)27-24(31)34-19-10-7-17(8-11-19)23-26-14-21(35-23)20-12-9-18(28-16(3)30)13-22(20)36(32,33)29-25(4,5)6/h7-15,29H,1-6H3,(H,27,31)(H,28,30). The molecule has 0 aliphatic heterocycles. The Labute approximate surface area is 215 Å². The number of anilines is 1. The molecule has 192 valence electrons. The van der Waals surface area contributed by atoms with Crippen LogP contribution in [-0.4, -0.2) is 37.0 Å². The summed E-state index contributed by atoms with van der Waals surface area (Å²) < 4.78 is 34.4. The van der Waals surface area contributed by atoms with Gasteiger partial charge in [0, 0.05) is 41.5 Å². The number of nitrogens with one attached hydrogen (secondary N) is 3. The third-order valence-corrected chi connectivity index (χ3v) is 7.40. The fourth-order valence-corrected chi connectivity index (χ4v) is 5.95. The fraction of sp³-hybridized carbons (Fsp3) is 0.320. The van der Waals surface area contributed by atoms with Crippen molar-refractivity contribution in [3.63, 3.8) is 0 Å². The van der Waals surface area contributed by atoms with Crippen molar-refractivity contribution in [2.75, 3.05) is 5.32 Å². The average Bonchev–Trinajstić information content (AvgIpc) is 3.21. The predicted molar refractivity (Wildman–Crippen MR) is 142 cm³/mol. The number of aromatic nitrogens is 1. The Kier molecular flexibility index (Phi) is 8.17. The maximum atomic E-state index is 13.3. The Morgan fingerprint density at radius 1 is 1.06 bits per heavy atom. The second-order valence-corrected chi connectivity index (χ2v) is 12.2. The highest BCUT2D eigenvalue weighted by atomic mass is 32.2. The van der Waals surface area contributed by atoms with Crippen molar-refractivity contribution in [3.8, 4) is 26.8 Å². The summed E-state index contributed by atoms with van der Waals surface area (Å²) in [5, 5.41) is 5.96. The van der Waals surface area contributed by atoms with Crippen molar-refractivity contribution < 1.29 is 22.7 Å². The van der Waals surface area contributed by atoms with Gasteiger partial charge in [0.15, 0.2) is 0 Å². The van der Waals surface area contributed by atoms with Crippen molar-refractivity contribution in [1.82, 2.24) is 15.0 Å². The molecular weight excluding hydrogens is 500 g/mol. The molecule has 11 heteroatoms. The van der Waals surface area contributed by atoms with E-state index in [-0.39, 0.29) is 16.8 Å². The normalized spacial score (nSPS) is 11.9. The first-order valence-corrected chi connectivity index (χ1v) is 13.5. The topological polar surface area (TPSA) is 126 Å². The van der Waals surface area contributed by atoms with E-state index in [9.17, 15) is 18.0 Å². The molecule has 36 heavy (non-hydrogen) atoms. The smallest absolute Gasteiger partial charge is 0.410 e. The number of hydrogen-bond donors (Lipinski definition) is 3. The molecule has 0 saturated heterocycles. The molecule has 3 rings (SSSR count). The molecule has 0 aliphatic carbocycles. The quantitative estimate of drug-likeness (QED) is 0.394. The van der Waals surface area contributed by atoms with E-state index in [1.165, 1.54) is 24.3 Å². The predicted octanol–water partition coefficient (Wildman–Crippen LogP) is 5.01. The van der Waals surface area contributed by atoms with Crippen LogP contribution in [0.1, 0.15) is 41.5 Å². The molecular formula is C25H30N4O5S2. The highest BCUT2D eigenvalue weighted by Gasteiger charge is 2.26. The summed E-state index contributed by atoms with van der Waals surface area (Å²) in [5.74, 6) is 0.0907. The zero-order valence-corrected chi connectivity index (χ0v) is 22.6. The van der Waals surface area contributed by atoms with Crippen LogP contribution in [0.15, 0.2) is 53.6 Å². The molecule has 9 nitrogen and oxygen atoms in total. The number of hydrogen-bond acceptors (Lipinski definition) is 7. The molecule has 0 radical (unpaired) electrons. The van der Waals surface area contributed by atoms with Crippen LogP contribution in [0, 0.1) is 0 Å². The molecule has 2 aromatic carbocycles. The van der Waals surface area contributed by atoms with Gasteiger partial charge in [-0.3, -0.25) is 4.79 Å². The van der Waals surface area contributed by atoms with E-state index in [0.717, 1.165) is 5.56 Å². The Morgan fingerprint density at radius 3 is 2.31 bits per heavy atom. The number of nitrogens with zero attached hydrogens (tertiary/aromatic N) is 1. The van der Waals surface area contributed by atoms with E-state index >= 15 is 0 Å². The van der Waals surface area contributed by atoms with Crippen molar-refractivity contribution in [1.29, 1.82) is 0 Å². The maximum Gasteiger partial charge on any atom is 0.412 e. The molecule has 0 bridgehead atoms. The van der Waals surface area contributed by atoms with Gasteiger partial charge in [-0.2, -0.15) is 0 Å². The van der Waals surface area contributed by atoms with Crippen LogP contribution in [0.3, 0.4) is 0 Å². The third kappa shape index (κ3) is 7.36. The number of ether oxygens (including phenoxy) is 1. The van der Waals surface area contributed by atoms with Gasteiger partial charge in [0.25, 0.3) is 0 Å². The first-order valence-electron chi connectivity index (χ1n) is 11.2. The highest BCUT2D eigenvalue weighted by Crippen LogP contribution is 2.37. The first kappa shape index (κ1) is 27.3. The maximum absolute atomic E-state index is 13.3. The van der Waals surface area contributed by atoms with Crippen LogP contribution in [-0.2, 0) is 14.8 Å². The summed E-state index contributed by atoms with van der Waals surface area (Å²) in [5.41, 5.74) is 0.932. The van der Waals surface area contributed by atoms with Crippen LogP contribution >= 0.6 is 11.3 Å². The number of benzene rings is 2. The van der Waals surface area contributed by atoms with E-state index in [1.807, 2.05) is 13.8 Å². The lowest BCUT2D eigenvalue weighted by Gasteiger charge is -2.22. The van der Waals surface area contributed by atoms with E-state index in [0.29, 0.717) is 26.9 Å². The lowest BCUT2D eigenvalue weighted by Crippen LogP contribution is -2.40. The van der Waals surface area contributed by atoms with Crippen molar-refractivity contribution in [2.24, 2.45) is 0 Å². The van der Waals surface area contributed by atoms with Gasteiger partial charge >= 0.3 is 6.09 Å². The molecule has 3 aromatic rings. The summed E-state index contributed by atoms with van der Waals surface area (Å²) in [6, 6.07) is 11.6. The van der Waals surface area contributed by atoms with Gasteiger partial charge in [-0.05, 0) is 71.0 Å². The molecule has 1 heterocycles. The van der Waals surface area contributed by atoms with E-state index in [4.69, 9.17) is 4.74 Å². The largest absolute Gasteiger partial charge is 0.412 e. The Bertz CT molecular complexity index is 1360. The summed E-state index contributed by atoms with van der Waals surface area (Å²) in [4.78, 5) is 28.5. The van der Waals surface area contributed by atoms with Gasteiger partial charge < -0.3 is 15.4 Å². The fourth-order valence-electron chi connectivity index (χ4n) is 3.26. The van der Waals surface area contributed by atoms with E-state index < -0.39 is 21.7 Å². The number of rotatable bonds is 7. The third-order valence-electron chi connectivity index (χ3n) is 4.52. The lowest BCUT2D eigenvalue weighted by molar-refractivity contribution is -0.114. The monoisotopic (exact) mass is 530 g/mol. The zero-order chi connectivity index (χ0) is 26.7. The van der Waals surface area contributed by atoms with Gasteiger partial charge in [-0.25, -0.2) is 22.9 Å². The van der Waals surface area contributed by atoms with Crippen LogP contribution in [0.2, 0.25) is 0 Å². The molecule has 3 N–H and O–H groups in total. The lowest BCUT2D eigenvalue weighted by atomic mass is 10.1. The van der Waals surface area contributed by atoms with Crippen molar-refractivity contribution >= 4 is 39.0 Å². The number of sulfonamides is 1. The number of carbonyl (C=O) groups excluding carboxylic acids is 2. The zero-order valence-electron chi connectivity index (χ0n) is 21.0. The number of carbonyl (C=O) groups is 2. The molecule has 0 aliphatic rings. The van der Waals surface area contributed by atoms with Gasteiger partial charge in [-0.15, -0.1) is 11.3 Å². The number of thiazole rings is 1. The second kappa shape index (κ2) is 10.8. The Morgan fingerprint density at radius 2 is 1.72 bits per heavy atom. The molecule has 0 fully saturated rings. The molecule has 2 amide bonds. The molecule has 0 spiro atoms. The van der Waals surface area contributed by atoms with Crippen LogP contribution in [0.25, 0.3) is 21.0 Å². The van der Waals surface area contributed by atoms with Gasteiger partial charge in [0.05, 0.1) is 9.77 Å². The molecule has 0 unspecified atom stereocenters. The molecule has 1 aromatic heterocycles. The minimum Gasteiger partial charge on any atom is -0.410 e. The van der Waals surface area contributed by atoms with Gasteiger partial charge in [0.2, 0.25) is 15.9 Å². The SMILES string of the molecule is CC(=O)Nc1ccc(-c2cnc(-c3ccc(OC(=O)NC(C)C)cc3)s2)c(S(=O)(=O)NC(C)(C)C)c1. The van der Waals surface area contributed by atoms with Crippen LogP contribution in [0.4, 0.5) is 10.5 Å². The highest BCUT2D eigenvalue weighted by molar-refractivity contribution is 7.89. The molecule has 0 atom stereocenters. The summed E-state index contributed by atoms with van der Waals surface area (Å²) >= 11 is 1.32. The minimum atomic E-state index is -3.91. The molecule has 0 saturated carbocycles. The van der Waals surface area contributed by atoms with Crippen LogP contribution in [0.5, 0.6) is 5.75 Å². The van der Waals surface area contributed by atoms with Crippen molar-refractivity contribution in [2.45, 2.75) is 58.0 Å². The summed E-state index contributed by atoms with van der Waals surface area (Å²) in [6.07, 6.45) is 1.08. The summed E-state index contributed by atoms with van der Waals surface area (Å²) in [7, 11) is -3.91. The second-order valence-electron chi connectivity index (χ2n) is 9.49. The van der Waals surface area contributed by atoms with Gasteiger partial charge in [0.1, 0.15) is 10.8 Å². The number of amides is 2. The van der Waals surface area contributed by atoms with Crippen molar-refractivity contribution in [3.05, 3.63) is 48.7 Å². The summed E-state index contributed by atoms with van der Waals surface area (Å²) in [6.45, 7) is 10.3. The first-order chi connectivity index (χ1) is 16.7. The minimum absolute atomic E-state index is 0.0369. The van der Waals surface area contributed by atoms with E-state index in [1.54, 1.807) is 63.4 Å². The Hall–Kier alpha value is -3.28. The van der Waals surface area contributed by atoms with Gasteiger partial charge in [-0.1, -0.05) is 6.07 Å².